The van der Waals surface area contributed by atoms with Crippen LogP contribution in [0.1, 0.15) is 40.0 Å². The molecule has 0 saturated heterocycles. The van der Waals surface area contributed by atoms with Crippen molar-refractivity contribution in [3.63, 3.8) is 0 Å². The van der Waals surface area contributed by atoms with E-state index in [0.29, 0.717) is 5.92 Å². The Bertz CT molecular complexity index is 170. The maximum absolute atomic E-state index is 3.33. The second-order valence-corrected chi connectivity index (χ2v) is 3.74. The fourth-order valence-electron chi connectivity index (χ4n) is 1.51. The van der Waals surface area contributed by atoms with E-state index in [0.717, 1.165) is 18.3 Å². The van der Waals surface area contributed by atoms with Crippen LogP contribution in [0.5, 0.6) is 0 Å². The largest absolute Gasteiger partial charge is 0.103 e. The fraction of sp³-hybridized carbons (Fsp3) is 0.818. The molecule has 0 heteroatoms. The van der Waals surface area contributed by atoms with E-state index in [2.05, 4.69) is 32.6 Å². The van der Waals surface area contributed by atoms with Crippen LogP contribution in [0.4, 0.5) is 0 Å². The summed E-state index contributed by atoms with van der Waals surface area (Å²) in [5, 5.41) is 0. The number of unbranched alkanes of at least 4 members (excludes halogenated alkanes) is 1. The molecule has 1 saturated carbocycles. The lowest BCUT2D eigenvalue weighted by molar-refractivity contribution is 0.604. The van der Waals surface area contributed by atoms with Crippen molar-refractivity contribution in [2.24, 2.45) is 17.8 Å². The molecule has 0 aromatic rings. The van der Waals surface area contributed by atoms with Gasteiger partial charge in [-0.2, -0.15) is 0 Å². The van der Waals surface area contributed by atoms with Gasteiger partial charge in [0.25, 0.3) is 0 Å². The highest BCUT2D eigenvalue weighted by atomic mass is 14.4. The molecule has 62 valence electrons. The lowest BCUT2D eigenvalue weighted by Crippen LogP contribution is -1.93. The summed E-state index contributed by atoms with van der Waals surface area (Å²) in [6, 6.07) is 0. The van der Waals surface area contributed by atoms with E-state index in [4.69, 9.17) is 0 Å². The van der Waals surface area contributed by atoms with Crippen LogP contribution >= 0.6 is 0 Å². The molecule has 0 N–H and O–H groups in total. The Morgan fingerprint density at radius 1 is 1.55 bits per heavy atom. The van der Waals surface area contributed by atoms with E-state index in [-0.39, 0.29) is 0 Å². The van der Waals surface area contributed by atoms with Crippen molar-refractivity contribution in [1.82, 2.24) is 0 Å². The highest BCUT2D eigenvalue weighted by molar-refractivity contribution is 5.07. The minimum Gasteiger partial charge on any atom is -0.103 e. The van der Waals surface area contributed by atoms with E-state index < -0.39 is 0 Å². The van der Waals surface area contributed by atoms with Gasteiger partial charge in [0, 0.05) is 12.3 Å². The van der Waals surface area contributed by atoms with Crippen LogP contribution < -0.4 is 0 Å². The minimum atomic E-state index is 0.650. The summed E-state index contributed by atoms with van der Waals surface area (Å²) in [4.78, 5) is 0. The van der Waals surface area contributed by atoms with Gasteiger partial charge in [-0.15, -0.1) is 5.92 Å². The zero-order valence-electron chi connectivity index (χ0n) is 7.85. The fourth-order valence-corrected chi connectivity index (χ4v) is 1.51. The Kier molecular flexibility index (Phi) is 3.00. The minimum absolute atomic E-state index is 0.650. The molecule has 1 rings (SSSR count). The summed E-state index contributed by atoms with van der Waals surface area (Å²) in [5.74, 6) is 9.06. The Morgan fingerprint density at radius 2 is 2.18 bits per heavy atom. The molecule has 0 heterocycles. The summed E-state index contributed by atoms with van der Waals surface area (Å²) in [7, 11) is 0. The van der Waals surface area contributed by atoms with Crippen molar-refractivity contribution in [2.45, 2.75) is 40.0 Å². The molecule has 1 aliphatic rings. The van der Waals surface area contributed by atoms with E-state index >= 15 is 0 Å². The van der Waals surface area contributed by atoms with Gasteiger partial charge in [0.15, 0.2) is 0 Å². The van der Waals surface area contributed by atoms with Gasteiger partial charge in [-0.1, -0.05) is 26.7 Å². The van der Waals surface area contributed by atoms with Gasteiger partial charge in [0.05, 0.1) is 0 Å². The van der Waals surface area contributed by atoms with Gasteiger partial charge in [0.1, 0.15) is 0 Å². The summed E-state index contributed by atoms with van der Waals surface area (Å²) in [6.07, 6.45) is 3.67. The predicted molar refractivity (Wildman–Crippen MR) is 49.1 cm³/mol. The third-order valence-corrected chi connectivity index (χ3v) is 2.52. The van der Waals surface area contributed by atoms with Crippen molar-refractivity contribution < 1.29 is 0 Å². The Labute approximate surface area is 70.4 Å². The first-order chi connectivity index (χ1) is 5.25. The third kappa shape index (κ3) is 2.58. The van der Waals surface area contributed by atoms with Gasteiger partial charge in [0.2, 0.25) is 0 Å². The molecule has 11 heavy (non-hydrogen) atoms. The molecular weight excluding hydrogens is 132 g/mol. The van der Waals surface area contributed by atoms with Gasteiger partial charge >= 0.3 is 0 Å². The van der Waals surface area contributed by atoms with Crippen molar-refractivity contribution >= 4 is 0 Å². The quantitative estimate of drug-likeness (QED) is 0.531. The highest BCUT2D eigenvalue weighted by Crippen LogP contribution is 2.43. The molecule has 0 spiro atoms. The van der Waals surface area contributed by atoms with Crippen LogP contribution in [0, 0.1) is 29.6 Å². The zero-order valence-corrected chi connectivity index (χ0v) is 7.85. The summed E-state index contributed by atoms with van der Waals surface area (Å²) >= 11 is 0. The summed E-state index contributed by atoms with van der Waals surface area (Å²) < 4.78 is 0. The van der Waals surface area contributed by atoms with Gasteiger partial charge in [-0.3, -0.25) is 0 Å². The smallest absolute Gasteiger partial charge is 0.0205 e. The number of rotatable bonds is 2. The molecule has 1 fully saturated rings. The standard InChI is InChI=1S/C11H18/c1-4-5-6-7-9(2)11-8-10(11)3/h9-11H,4-5,8H2,1-3H3. The lowest BCUT2D eigenvalue weighted by atomic mass is 10.1. The molecule has 0 aliphatic heterocycles. The molecule has 1 aliphatic carbocycles. The monoisotopic (exact) mass is 150 g/mol. The van der Waals surface area contributed by atoms with Crippen LogP contribution in [0.2, 0.25) is 0 Å². The summed E-state index contributed by atoms with van der Waals surface area (Å²) in [5.41, 5.74) is 0. The summed E-state index contributed by atoms with van der Waals surface area (Å²) in [6.45, 7) is 6.76. The number of hydrogen-bond donors (Lipinski definition) is 0. The molecule has 0 aromatic heterocycles. The van der Waals surface area contributed by atoms with Crippen LogP contribution in [-0.4, -0.2) is 0 Å². The van der Waals surface area contributed by atoms with Crippen LogP contribution in [-0.2, 0) is 0 Å². The average molecular weight is 150 g/mol. The molecule has 0 aromatic carbocycles. The Hall–Kier alpha value is -0.440. The van der Waals surface area contributed by atoms with Crippen molar-refractivity contribution in [3.8, 4) is 11.8 Å². The molecule has 0 nitrogen and oxygen atoms in total. The molecular formula is C11H18. The normalized spacial score (nSPS) is 30.5. The predicted octanol–water partition coefficient (Wildman–Crippen LogP) is 3.08. The van der Waals surface area contributed by atoms with Gasteiger partial charge in [-0.05, 0) is 24.7 Å². The third-order valence-electron chi connectivity index (χ3n) is 2.52. The second-order valence-electron chi connectivity index (χ2n) is 3.74. The Balaban J connectivity index is 2.22. The van der Waals surface area contributed by atoms with Crippen molar-refractivity contribution in [2.75, 3.05) is 0 Å². The van der Waals surface area contributed by atoms with Crippen LogP contribution in [0.3, 0.4) is 0 Å². The molecule has 3 atom stereocenters. The Morgan fingerprint density at radius 3 is 2.64 bits per heavy atom. The maximum atomic E-state index is 3.33. The molecule has 0 radical (unpaired) electrons. The topological polar surface area (TPSA) is 0 Å². The first kappa shape index (κ1) is 8.65. The molecule has 0 amide bonds. The van der Waals surface area contributed by atoms with E-state index in [1.165, 1.54) is 12.8 Å². The van der Waals surface area contributed by atoms with E-state index in [1.807, 2.05) is 0 Å². The molecule has 0 bridgehead atoms. The first-order valence-corrected chi connectivity index (χ1v) is 4.74. The zero-order chi connectivity index (χ0) is 8.27. The molecule has 3 unspecified atom stereocenters. The average Bonchev–Trinajstić information content (AvgIpc) is 2.67. The van der Waals surface area contributed by atoms with Gasteiger partial charge in [-0.25, -0.2) is 0 Å². The number of hydrogen-bond acceptors (Lipinski definition) is 0. The SMILES string of the molecule is CCCC#CC(C)C1CC1C. The highest BCUT2D eigenvalue weighted by Gasteiger charge is 2.36. The lowest BCUT2D eigenvalue weighted by Gasteiger charge is -1.98. The van der Waals surface area contributed by atoms with E-state index in [1.54, 1.807) is 0 Å². The van der Waals surface area contributed by atoms with Crippen LogP contribution in [0.15, 0.2) is 0 Å². The van der Waals surface area contributed by atoms with E-state index in [9.17, 15) is 0 Å². The van der Waals surface area contributed by atoms with Crippen LogP contribution in [0.25, 0.3) is 0 Å². The second kappa shape index (κ2) is 3.81. The van der Waals surface area contributed by atoms with Crippen molar-refractivity contribution in [3.05, 3.63) is 0 Å². The van der Waals surface area contributed by atoms with Crippen molar-refractivity contribution in [1.29, 1.82) is 0 Å². The van der Waals surface area contributed by atoms with Gasteiger partial charge < -0.3 is 0 Å². The first-order valence-electron chi connectivity index (χ1n) is 4.74. The maximum Gasteiger partial charge on any atom is 0.0205 e.